The summed E-state index contributed by atoms with van der Waals surface area (Å²) in [7, 11) is 0. The van der Waals surface area contributed by atoms with Crippen molar-refractivity contribution >= 4 is 11.9 Å². The van der Waals surface area contributed by atoms with E-state index in [0.717, 1.165) is 18.4 Å². The lowest BCUT2D eigenvalue weighted by Gasteiger charge is -2.47. The van der Waals surface area contributed by atoms with Crippen molar-refractivity contribution in [2.24, 2.45) is 11.8 Å². The van der Waals surface area contributed by atoms with Gasteiger partial charge < -0.3 is 15.1 Å². The van der Waals surface area contributed by atoms with Crippen LogP contribution in [0, 0.1) is 11.8 Å². The zero-order chi connectivity index (χ0) is 13.0. The van der Waals surface area contributed by atoms with E-state index in [1.165, 1.54) is 4.90 Å². The first-order valence-electron chi connectivity index (χ1n) is 6.19. The van der Waals surface area contributed by atoms with E-state index in [4.69, 9.17) is 0 Å². The molecule has 1 amide bonds. The van der Waals surface area contributed by atoms with E-state index in [1.807, 2.05) is 12.2 Å². The molecule has 18 heavy (non-hydrogen) atoms. The van der Waals surface area contributed by atoms with Crippen LogP contribution in [-0.2, 0) is 9.59 Å². The molecule has 1 aliphatic carbocycles. The zero-order valence-electron chi connectivity index (χ0n) is 10.0. The third kappa shape index (κ3) is 1.25. The number of aliphatic carboxylic acids is 1. The predicted octanol–water partition coefficient (Wildman–Crippen LogP) is 0.513. The number of carbonyl (C=O) groups excluding carboxylic acids is 1. The molecule has 1 saturated heterocycles. The smallest absolute Gasteiger partial charge is 0.352 e. The number of nitrogens with zero attached hydrogens (tertiary/aromatic N) is 1. The van der Waals surface area contributed by atoms with Gasteiger partial charge in [-0.25, -0.2) is 4.79 Å². The molecule has 0 aromatic carbocycles. The fourth-order valence-corrected chi connectivity index (χ4v) is 3.45. The Kier molecular flexibility index (Phi) is 2.35. The summed E-state index contributed by atoms with van der Waals surface area (Å²) in [5.41, 5.74) is 0.859. The fraction of sp³-hybridized carbons (Fsp3) is 0.538. The molecule has 5 nitrogen and oxygen atoms in total. The van der Waals surface area contributed by atoms with E-state index in [0.29, 0.717) is 0 Å². The Bertz CT molecular complexity index is 491. The zero-order valence-corrected chi connectivity index (χ0v) is 10.0. The van der Waals surface area contributed by atoms with Crippen molar-refractivity contribution in [1.29, 1.82) is 0 Å². The summed E-state index contributed by atoms with van der Waals surface area (Å²) >= 11 is 0. The van der Waals surface area contributed by atoms with Gasteiger partial charge in [0.2, 0.25) is 5.91 Å². The molecule has 0 radical (unpaired) electrons. The maximum atomic E-state index is 12.0. The van der Waals surface area contributed by atoms with Crippen LogP contribution >= 0.6 is 0 Å². The Morgan fingerprint density at radius 3 is 2.89 bits per heavy atom. The standard InChI is InChI=1S/C13H15NO4/c1-6(15)9-10-7-4-2-3-5-8(7)11(13(17)18)14(10)12(9)16/h3,5-7,9-10,15H,2,4H2,1H3,(H,17,18)/t6-,7+,9-,10-/m1/s1. The second kappa shape index (κ2) is 3.68. The monoisotopic (exact) mass is 249 g/mol. The molecule has 3 rings (SSSR count). The van der Waals surface area contributed by atoms with Gasteiger partial charge in [0.05, 0.1) is 18.1 Å². The van der Waals surface area contributed by atoms with Gasteiger partial charge >= 0.3 is 5.97 Å². The van der Waals surface area contributed by atoms with E-state index in [-0.39, 0.29) is 23.6 Å². The van der Waals surface area contributed by atoms with Gasteiger partial charge in [-0.05, 0) is 25.3 Å². The molecule has 96 valence electrons. The van der Waals surface area contributed by atoms with E-state index < -0.39 is 18.0 Å². The number of aliphatic hydroxyl groups is 1. The number of carboxylic acid groups (broad SMARTS) is 1. The molecule has 4 atom stereocenters. The number of fused-ring (bicyclic) bond motifs is 3. The number of β-lactam (4-membered cyclic amide) rings is 1. The highest BCUT2D eigenvalue weighted by Gasteiger charge is 2.60. The number of rotatable bonds is 2. The second-order valence-electron chi connectivity index (χ2n) is 5.16. The first-order chi connectivity index (χ1) is 8.54. The van der Waals surface area contributed by atoms with Gasteiger partial charge in [0.15, 0.2) is 0 Å². The molecular weight excluding hydrogens is 234 g/mol. The molecule has 0 aromatic heterocycles. The van der Waals surface area contributed by atoms with Crippen molar-refractivity contribution in [3.63, 3.8) is 0 Å². The summed E-state index contributed by atoms with van der Waals surface area (Å²) < 4.78 is 0. The first kappa shape index (κ1) is 11.5. The van der Waals surface area contributed by atoms with Crippen molar-refractivity contribution < 1.29 is 19.8 Å². The lowest BCUT2D eigenvalue weighted by atomic mass is 9.74. The van der Waals surface area contributed by atoms with E-state index >= 15 is 0 Å². The maximum Gasteiger partial charge on any atom is 0.352 e. The topological polar surface area (TPSA) is 77.8 Å². The summed E-state index contributed by atoms with van der Waals surface area (Å²) in [6.07, 6.45) is 4.79. The normalized spacial score (nSPS) is 35.1. The van der Waals surface area contributed by atoms with Gasteiger partial charge in [-0.1, -0.05) is 12.2 Å². The Morgan fingerprint density at radius 1 is 1.56 bits per heavy atom. The molecule has 2 aliphatic heterocycles. The molecule has 2 heterocycles. The predicted molar refractivity (Wildman–Crippen MR) is 62.3 cm³/mol. The van der Waals surface area contributed by atoms with Crippen molar-refractivity contribution in [3.8, 4) is 0 Å². The summed E-state index contributed by atoms with van der Waals surface area (Å²) in [6, 6.07) is -0.163. The largest absolute Gasteiger partial charge is 0.477 e. The lowest BCUT2D eigenvalue weighted by molar-refractivity contribution is -0.163. The SMILES string of the molecule is C[C@@H](O)[C@H]1C(=O)N2C(C(=O)O)=C3C=CCC[C@@H]3[C@H]12. The summed E-state index contributed by atoms with van der Waals surface area (Å²) in [5.74, 6) is -1.70. The minimum atomic E-state index is -1.05. The van der Waals surface area contributed by atoms with Gasteiger partial charge in [0, 0.05) is 5.92 Å². The molecule has 0 aromatic rings. The maximum absolute atomic E-state index is 12.0. The molecular formula is C13H15NO4. The quantitative estimate of drug-likeness (QED) is 0.699. The number of amides is 1. The lowest BCUT2D eigenvalue weighted by Crippen LogP contribution is -2.63. The Hall–Kier alpha value is -1.62. The Labute approximate surface area is 104 Å². The molecule has 1 fully saturated rings. The van der Waals surface area contributed by atoms with Crippen LogP contribution in [0.1, 0.15) is 19.8 Å². The van der Waals surface area contributed by atoms with Crippen molar-refractivity contribution in [2.45, 2.75) is 31.9 Å². The average molecular weight is 249 g/mol. The van der Waals surface area contributed by atoms with Crippen LogP contribution in [0.5, 0.6) is 0 Å². The van der Waals surface area contributed by atoms with Crippen LogP contribution in [0.4, 0.5) is 0 Å². The van der Waals surface area contributed by atoms with Gasteiger partial charge in [-0.15, -0.1) is 0 Å². The van der Waals surface area contributed by atoms with Gasteiger partial charge in [0.1, 0.15) is 5.70 Å². The van der Waals surface area contributed by atoms with Gasteiger partial charge in [0.25, 0.3) is 0 Å². The third-order valence-corrected chi connectivity index (χ3v) is 4.18. The molecule has 3 aliphatic rings. The van der Waals surface area contributed by atoms with Crippen LogP contribution in [0.15, 0.2) is 23.4 Å². The number of carboxylic acids is 1. The number of hydrogen-bond acceptors (Lipinski definition) is 3. The van der Waals surface area contributed by atoms with Crippen LogP contribution in [-0.4, -0.2) is 39.1 Å². The van der Waals surface area contributed by atoms with Crippen LogP contribution < -0.4 is 0 Å². The molecule has 0 bridgehead atoms. The summed E-state index contributed by atoms with van der Waals surface area (Å²) in [6.45, 7) is 1.59. The number of aliphatic hydroxyl groups excluding tert-OH is 1. The number of hydrogen-bond donors (Lipinski definition) is 2. The van der Waals surface area contributed by atoms with E-state index in [9.17, 15) is 19.8 Å². The van der Waals surface area contributed by atoms with Gasteiger partial charge in [-0.3, -0.25) is 4.79 Å². The molecule has 0 spiro atoms. The molecule has 5 heteroatoms. The molecule has 2 N–H and O–H groups in total. The highest BCUT2D eigenvalue weighted by molar-refractivity contribution is 6.00. The summed E-state index contributed by atoms with van der Waals surface area (Å²) in [4.78, 5) is 24.7. The van der Waals surface area contributed by atoms with E-state index in [2.05, 4.69) is 0 Å². The van der Waals surface area contributed by atoms with Gasteiger partial charge in [-0.2, -0.15) is 0 Å². The van der Waals surface area contributed by atoms with Crippen LogP contribution in [0.3, 0.4) is 0 Å². The molecule has 0 saturated carbocycles. The fourth-order valence-electron chi connectivity index (χ4n) is 3.45. The average Bonchev–Trinajstić information content (AvgIpc) is 2.60. The minimum absolute atomic E-state index is 0.0680. The summed E-state index contributed by atoms with van der Waals surface area (Å²) in [5, 5.41) is 18.9. The highest BCUT2D eigenvalue weighted by atomic mass is 16.4. The van der Waals surface area contributed by atoms with Crippen LogP contribution in [0.2, 0.25) is 0 Å². The van der Waals surface area contributed by atoms with Crippen LogP contribution in [0.25, 0.3) is 0 Å². The Balaban J connectivity index is 2.04. The first-order valence-corrected chi connectivity index (χ1v) is 6.19. The van der Waals surface area contributed by atoms with Crippen molar-refractivity contribution in [3.05, 3.63) is 23.4 Å². The highest BCUT2D eigenvalue weighted by Crippen LogP contribution is 2.50. The number of carbonyl (C=O) groups is 2. The van der Waals surface area contributed by atoms with Crippen molar-refractivity contribution in [2.75, 3.05) is 0 Å². The number of allylic oxidation sites excluding steroid dienone is 2. The van der Waals surface area contributed by atoms with E-state index in [1.54, 1.807) is 6.92 Å². The van der Waals surface area contributed by atoms with Crippen molar-refractivity contribution in [1.82, 2.24) is 4.90 Å². The second-order valence-corrected chi connectivity index (χ2v) is 5.16. The molecule has 0 unspecified atom stereocenters. The minimum Gasteiger partial charge on any atom is -0.477 e. The third-order valence-electron chi connectivity index (χ3n) is 4.18. The Morgan fingerprint density at radius 2 is 2.28 bits per heavy atom.